The molecule has 0 spiro atoms. The first-order valence-electron chi connectivity index (χ1n) is 6.65. The molecule has 0 aliphatic rings. The molecule has 0 radical (unpaired) electrons. The Morgan fingerprint density at radius 2 is 1.32 bits per heavy atom. The van der Waals surface area contributed by atoms with Gasteiger partial charge in [0, 0.05) is 19.7 Å². The van der Waals surface area contributed by atoms with E-state index in [9.17, 15) is 0 Å². The highest BCUT2D eigenvalue weighted by molar-refractivity contribution is 9.11. The molecule has 0 aliphatic heterocycles. The van der Waals surface area contributed by atoms with E-state index in [-0.39, 0.29) is 0 Å². The van der Waals surface area contributed by atoms with Crippen LogP contribution in [-0.4, -0.2) is 0 Å². The molecular weight excluding hydrogens is 447 g/mol. The van der Waals surface area contributed by atoms with Gasteiger partial charge in [-0.2, -0.15) is 0 Å². The van der Waals surface area contributed by atoms with Gasteiger partial charge in [-0.1, -0.05) is 75.5 Å². The Hall–Kier alpha value is -0.800. The van der Waals surface area contributed by atoms with Gasteiger partial charge in [-0.25, -0.2) is 0 Å². The van der Waals surface area contributed by atoms with Crippen LogP contribution >= 0.6 is 55.1 Å². The van der Waals surface area contributed by atoms with E-state index in [0.29, 0.717) is 10.0 Å². The zero-order chi connectivity index (χ0) is 15.4. The Kier molecular flexibility index (Phi) is 3.61. The quantitative estimate of drug-likeness (QED) is 0.186. The third kappa shape index (κ3) is 2.09. The zero-order valence-electron chi connectivity index (χ0n) is 11.1. The van der Waals surface area contributed by atoms with Gasteiger partial charge < -0.3 is 0 Å². The lowest BCUT2D eigenvalue weighted by Crippen LogP contribution is -1.85. The molecule has 0 bridgehead atoms. The van der Waals surface area contributed by atoms with Crippen molar-refractivity contribution in [1.82, 2.24) is 0 Å². The molecule has 0 heterocycles. The maximum absolute atomic E-state index is 6.36. The van der Waals surface area contributed by atoms with Crippen LogP contribution in [0, 0.1) is 0 Å². The summed E-state index contributed by atoms with van der Waals surface area (Å²) in [7, 11) is 0. The Morgan fingerprint density at radius 3 is 2.05 bits per heavy atom. The van der Waals surface area contributed by atoms with Crippen LogP contribution in [0.3, 0.4) is 0 Å². The number of rotatable bonds is 0. The number of benzene rings is 4. The number of hydrogen-bond acceptors (Lipinski definition) is 0. The smallest absolute Gasteiger partial charge is 0.0741 e. The predicted octanol–water partition coefficient (Wildman–Crippen LogP) is 7.98. The van der Waals surface area contributed by atoms with E-state index in [1.54, 1.807) is 0 Å². The van der Waals surface area contributed by atoms with Crippen LogP contribution in [0.2, 0.25) is 10.0 Å². The minimum Gasteiger partial charge on any atom is -0.0826 e. The van der Waals surface area contributed by atoms with Gasteiger partial charge in [-0.05, 0) is 49.6 Å². The van der Waals surface area contributed by atoms with Crippen molar-refractivity contribution in [3.8, 4) is 0 Å². The maximum atomic E-state index is 6.36. The summed E-state index contributed by atoms with van der Waals surface area (Å²) in [6.07, 6.45) is 0. The molecule has 0 atom stereocenters. The SMILES string of the molecule is Clc1cc2ccc3ccc4cccc(Br)c4c3c2c(Br)c1Cl. The Bertz CT molecular complexity index is 1070. The molecule has 0 aliphatic carbocycles. The fraction of sp³-hybridized carbons (Fsp3) is 0. The topological polar surface area (TPSA) is 0 Å². The predicted molar refractivity (Wildman–Crippen MR) is 104 cm³/mol. The summed E-state index contributed by atoms with van der Waals surface area (Å²) in [4.78, 5) is 0. The van der Waals surface area contributed by atoms with Gasteiger partial charge in [0.05, 0.1) is 10.0 Å². The summed E-state index contributed by atoms with van der Waals surface area (Å²) >= 11 is 19.9. The molecule has 0 nitrogen and oxygen atoms in total. The Labute approximate surface area is 154 Å². The lowest BCUT2D eigenvalue weighted by atomic mass is 9.96. The van der Waals surface area contributed by atoms with Gasteiger partial charge in [0.15, 0.2) is 0 Å². The highest BCUT2D eigenvalue weighted by Crippen LogP contribution is 2.43. The standard InChI is InChI=1S/C18H8Br2Cl2/c19-12-3-1-2-9-4-5-10-6-7-11-8-13(21)18(22)17(20)16(11)15(10)14(9)12/h1-8H. The first kappa shape index (κ1) is 14.8. The lowest BCUT2D eigenvalue weighted by molar-refractivity contribution is 1.72. The third-order valence-electron chi connectivity index (χ3n) is 3.91. The van der Waals surface area contributed by atoms with Crippen LogP contribution in [0.4, 0.5) is 0 Å². The summed E-state index contributed by atoms with van der Waals surface area (Å²) in [5.41, 5.74) is 0. The van der Waals surface area contributed by atoms with Crippen LogP contribution in [0.1, 0.15) is 0 Å². The van der Waals surface area contributed by atoms with Crippen molar-refractivity contribution in [2.45, 2.75) is 0 Å². The van der Waals surface area contributed by atoms with Crippen molar-refractivity contribution in [3.05, 3.63) is 67.5 Å². The van der Waals surface area contributed by atoms with E-state index in [1.807, 2.05) is 12.1 Å². The lowest BCUT2D eigenvalue weighted by Gasteiger charge is -2.12. The highest BCUT2D eigenvalue weighted by Gasteiger charge is 2.14. The van der Waals surface area contributed by atoms with Crippen molar-refractivity contribution >= 4 is 87.4 Å². The molecule has 4 heteroatoms. The van der Waals surface area contributed by atoms with E-state index in [2.05, 4.69) is 68.3 Å². The van der Waals surface area contributed by atoms with Gasteiger partial charge >= 0.3 is 0 Å². The van der Waals surface area contributed by atoms with Crippen molar-refractivity contribution in [3.63, 3.8) is 0 Å². The molecule has 0 amide bonds. The first-order chi connectivity index (χ1) is 10.6. The minimum atomic E-state index is 0.547. The summed E-state index contributed by atoms with van der Waals surface area (Å²) in [5, 5.41) is 7.97. The van der Waals surface area contributed by atoms with Crippen LogP contribution in [0.5, 0.6) is 0 Å². The maximum Gasteiger partial charge on any atom is 0.0741 e. The fourth-order valence-corrected chi connectivity index (χ4v) is 4.63. The first-order valence-corrected chi connectivity index (χ1v) is 8.99. The number of halogens is 4. The molecule has 0 saturated carbocycles. The van der Waals surface area contributed by atoms with Crippen LogP contribution in [0.15, 0.2) is 57.5 Å². The van der Waals surface area contributed by atoms with Gasteiger partial charge in [0.25, 0.3) is 0 Å². The van der Waals surface area contributed by atoms with Crippen molar-refractivity contribution < 1.29 is 0 Å². The monoisotopic (exact) mass is 452 g/mol. The second-order valence-electron chi connectivity index (χ2n) is 5.15. The van der Waals surface area contributed by atoms with Crippen molar-refractivity contribution in [1.29, 1.82) is 0 Å². The number of fused-ring (bicyclic) bond motifs is 5. The molecule has 0 fully saturated rings. The second-order valence-corrected chi connectivity index (χ2v) is 7.58. The van der Waals surface area contributed by atoms with Gasteiger partial charge in [-0.15, -0.1) is 0 Å². The molecule has 22 heavy (non-hydrogen) atoms. The molecule has 4 aromatic rings. The molecule has 0 aromatic heterocycles. The summed E-state index contributed by atoms with van der Waals surface area (Å²) in [6.45, 7) is 0. The van der Waals surface area contributed by atoms with E-state index in [0.717, 1.165) is 19.7 Å². The summed E-state index contributed by atoms with van der Waals surface area (Å²) in [5.74, 6) is 0. The van der Waals surface area contributed by atoms with Gasteiger partial charge in [-0.3, -0.25) is 0 Å². The summed E-state index contributed by atoms with van der Waals surface area (Å²) < 4.78 is 1.91. The van der Waals surface area contributed by atoms with Gasteiger partial charge in [0.1, 0.15) is 0 Å². The molecule has 108 valence electrons. The Morgan fingerprint density at radius 1 is 0.682 bits per heavy atom. The van der Waals surface area contributed by atoms with Crippen molar-refractivity contribution in [2.75, 3.05) is 0 Å². The van der Waals surface area contributed by atoms with E-state index < -0.39 is 0 Å². The third-order valence-corrected chi connectivity index (χ3v) is 6.38. The van der Waals surface area contributed by atoms with Crippen LogP contribution in [-0.2, 0) is 0 Å². The molecule has 4 aromatic carbocycles. The highest BCUT2D eigenvalue weighted by atomic mass is 79.9. The Balaban J connectivity index is 2.40. The van der Waals surface area contributed by atoms with Crippen molar-refractivity contribution in [2.24, 2.45) is 0 Å². The fourth-order valence-electron chi connectivity index (χ4n) is 2.94. The number of hydrogen-bond donors (Lipinski definition) is 0. The second kappa shape index (κ2) is 5.38. The molecule has 0 unspecified atom stereocenters. The average Bonchev–Trinajstić information content (AvgIpc) is 2.52. The average molecular weight is 455 g/mol. The van der Waals surface area contributed by atoms with E-state index >= 15 is 0 Å². The van der Waals surface area contributed by atoms with Gasteiger partial charge in [0.2, 0.25) is 0 Å². The normalized spacial score (nSPS) is 11.6. The molecule has 0 saturated heterocycles. The zero-order valence-corrected chi connectivity index (χ0v) is 15.8. The summed E-state index contributed by atoms with van der Waals surface area (Å²) in [6, 6.07) is 16.6. The molecule has 4 rings (SSSR count). The van der Waals surface area contributed by atoms with Crippen LogP contribution in [0.25, 0.3) is 32.3 Å². The molecule has 0 N–H and O–H groups in total. The molecular formula is C18H8Br2Cl2. The minimum absolute atomic E-state index is 0.547. The van der Waals surface area contributed by atoms with E-state index in [1.165, 1.54) is 21.5 Å². The van der Waals surface area contributed by atoms with Crippen LogP contribution < -0.4 is 0 Å². The largest absolute Gasteiger partial charge is 0.0826 e. The van der Waals surface area contributed by atoms with E-state index in [4.69, 9.17) is 23.2 Å².